The average molecular weight is 402 g/mol. The van der Waals surface area contributed by atoms with Crippen LogP contribution in [0.1, 0.15) is 24.6 Å². The van der Waals surface area contributed by atoms with Crippen LogP contribution in [0.2, 0.25) is 0 Å². The Morgan fingerprint density at radius 1 is 1.20 bits per heavy atom. The highest BCUT2D eigenvalue weighted by atomic mass is 79.9. The third-order valence-electron chi connectivity index (χ3n) is 4.51. The van der Waals surface area contributed by atoms with E-state index in [1.165, 1.54) is 5.56 Å². The first-order chi connectivity index (χ1) is 12.2. The molecule has 2 N–H and O–H groups in total. The number of aliphatic hydroxyl groups excluding tert-OH is 1. The number of ether oxygens (including phenoxy) is 1. The molecule has 3 aromatic rings. The van der Waals surface area contributed by atoms with E-state index in [4.69, 9.17) is 9.72 Å². The minimum atomic E-state index is -0.102. The van der Waals surface area contributed by atoms with Gasteiger partial charge < -0.3 is 15.2 Å². The Morgan fingerprint density at radius 3 is 2.88 bits per heavy atom. The van der Waals surface area contributed by atoms with Gasteiger partial charge >= 0.3 is 0 Å². The standard InChI is InChI=1S/C19H20BrN3O2/c20-14-5-3-4-13(10-14)11-21-19-22-16-6-1-2-7-17(16)23(19)18-9-8-15(12-24)25-18/h1-7,10,15,18,24H,8-9,11-12H2,(H,21,22)/t15-,18+/m0/s1. The molecule has 130 valence electrons. The lowest BCUT2D eigenvalue weighted by atomic mass is 10.2. The van der Waals surface area contributed by atoms with Crippen LogP contribution in [0.4, 0.5) is 5.95 Å². The first-order valence-corrected chi connectivity index (χ1v) is 9.25. The van der Waals surface area contributed by atoms with Crippen LogP contribution >= 0.6 is 15.9 Å². The Labute approximate surface area is 154 Å². The molecule has 0 spiro atoms. The number of hydrogen-bond donors (Lipinski definition) is 2. The van der Waals surface area contributed by atoms with Crippen LogP contribution in [0.5, 0.6) is 0 Å². The lowest BCUT2D eigenvalue weighted by Crippen LogP contribution is -2.16. The van der Waals surface area contributed by atoms with Gasteiger partial charge in [0.2, 0.25) is 5.95 Å². The maximum absolute atomic E-state index is 9.37. The maximum atomic E-state index is 9.37. The number of aliphatic hydroxyl groups is 1. The molecule has 0 aliphatic carbocycles. The summed E-state index contributed by atoms with van der Waals surface area (Å²) in [5.74, 6) is 0.796. The van der Waals surface area contributed by atoms with Crippen molar-refractivity contribution in [3.8, 4) is 0 Å². The summed E-state index contributed by atoms with van der Waals surface area (Å²) in [6.07, 6.45) is 1.54. The predicted octanol–water partition coefficient (Wildman–Crippen LogP) is 4.08. The third-order valence-corrected chi connectivity index (χ3v) is 5.01. The Morgan fingerprint density at radius 2 is 2.08 bits per heavy atom. The molecule has 2 aromatic carbocycles. The largest absolute Gasteiger partial charge is 0.394 e. The summed E-state index contributed by atoms with van der Waals surface area (Å²) in [6.45, 7) is 0.739. The van der Waals surface area contributed by atoms with Crippen LogP contribution in [-0.2, 0) is 11.3 Å². The van der Waals surface area contributed by atoms with Crippen molar-refractivity contribution < 1.29 is 9.84 Å². The lowest BCUT2D eigenvalue weighted by molar-refractivity contribution is -0.0195. The summed E-state index contributed by atoms with van der Waals surface area (Å²) in [6, 6.07) is 16.3. The quantitative estimate of drug-likeness (QED) is 0.675. The van der Waals surface area contributed by atoms with Gasteiger partial charge in [-0.1, -0.05) is 40.2 Å². The number of anilines is 1. The highest BCUT2D eigenvalue weighted by Gasteiger charge is 2.29. The van der Waals surface area contributed by atoms with Crippen LogP contribution in [-0.4, -0.2) is 27.4 Å². The molecule has 2 atom stereocenters. The van der Waals surface area contributed by atoms with Crippen molar-refractivity contribution in [3.63, 3.8) is 0 Å². The van der Waals surface area contributed by atoms with Crippen LogP contribution in [0.15, 0.2) is 53.0 Å². The number of rotatable bonds is 5. The van der Waals surface area contributed by atoms with Gasteiger partial charge in [-0.05, 0) is 42.7 Å². The normalized spacial score (nSPS) is 20.2. The molecule has 0 radical (unpaired) electrons. The van der Waals surface area contributed by atoms with Gasteiger partial charge in [0, 0.05) is 11.0 Å². The van der Waals surface area contributed by atoms with Crippen LogP contribution in [0.3, 0.4) is 0 Å². The fraction of sp³-hybridized carbons (Fsp3) is 0.316. The molecule has 4 rings (SSSR count). The highest BCUT2D eigenvalue weighted by molar-refractivity contribution is 9.10. The Kier molecular flexibility index (Phi) is 4.74. The highest BCUT2D eigenvalue weighted by Crippen LogP contribution is 2.34. The minimum absolute atomic E-state index is 0.0595. The molecule has 1 aliphatic rings. The predicted molar refractivity (Wildman–Crippen MR) is 101 cm³/mol. The second kappa shape index (κ2) is 7.15. The van der Waals surface area contributed by atoms with Crippen molar-refractivity contribution in [2.24, 2.45) is 0 Å². The molecule has 1 aliphatic heterocycles. The number of hydrogen-bond acceptors (Lipinski definition) is 4. The molecule has 1 fully saturated rings. The van der Waals surface area contributed by atoms with E-state index < -0.39 is 0 Å². The lowest BCUT2D eigenvalue weighted by Gasteiger charge is -2.18. The summed E-state index contributed by atoms with van der Waals surface area (Å²) in [4.78, 5) is 4.74. The summed E-state index contributed by atoms with van der Waals surface area (Å²) < 4.78 is 9.17. The number of halogens is 1. The number of imidazole rings is 1. The number of aromatic nitrogens is 2. The smallest absolute Gasteiger partial charge is 0.206 e. The summed E-state index contributed by atoms with van der Waals surface area (Å²) in [7, 11) is 0. The molecule has 0 unspecified atom stereocenters. The van der Waals surface area contributed by atoms with E-state index in [-0.39, 0.29) is 18.9 Å². The fourth-order valence-corrected chi connectivity index (χ4v) is 3.75. The molecule has 1 aromatic heterocycles. The van der Waals surface area contributed by atoms with Gasteiger partial charge in [0.15, 0.2) is 0 Å². The topological polar surface area (TPSA) is 59.3 Å². The van der Waals surface area contributed by atoms with E-state index in [9.17, 15) is 5.11 Å². The zero-order valence-corrected chi connectivity index (χ0v) is 15.3. The molecule has 0 bridgehead atoms. The average Bonchev–Trinajstić information content (AvgIpc) is 3.23. The van der Waals surface area contributed by atoms with Gasteiger partial charge in [-0.2, -0.15) is 0 Å². The van der Waals surface area contributed by atoms with Crippen molar-refractivity contribution in [1.82, 2.24) is 9.55 Å². The summed E-state index contributed by atoms with van der Waals surface area (Å²) in [5, 5.41) is 12.8. The van der Waals surface area contributed by atoms with Gasteiger partial charge in [0.05, 0.1) is 23.7 Å². The van der Waals surface area contributed by atoms with E-state index in [0.717, 1.165) is 34.3 Å². The summed E-state index contributed by atoms with van der Waals surface area (Å²) >= 11 is 3.51. The van der Waals surface area contributed by atoms with E-state index in [1.807, 2.05) is 30.3 Å². The Balaban J connectivity index is 1.64. The third kappa shape index (κ3) is 3.42. The van der Waals surface area contributed by atoms with Crippen LogP contribution in [0.25, 0.3) is 11.0 Å². The number of para-hydroxylation sites is 2. The van der Waals surface area contributed by atoms with E-state index in [1.54, 1.807) is 0 Å². The molecule has 1 saturated heterocycles. The zero-order chi connectivity index (χ0) is 17.2. The second-order valence-corrected chi connectivity index (χ2v) is 7.17. The molecule has 0 saturated carbocycles. The minimum Gasteiger partial charge on any atom is -0.394 e. The first-order valence-electron chi connectivity index (χ1n) is 8.46. The second-order valence-electron chi connectivity index (χ2n) is 6.25. The number of benzene rings is 2. The Hall–Kier alpha value is -1.89. The summed E-state index contributed by atoms with van der Waals surface area (Å²) in [5.41, 5.74) is 3.16. The van der Waals surface area contributed by atoms with Crippen molar-refractivity contribution in [2.45, 2.75) is 31.7 Å². The van der Waals surface area contributed by atoms with Gasteiger partial charge in [-0.15, -0.1) is 0 Å². The van der Waals surface area contributed by atoms with Gasteiger partial charge in [0.1, 0.15) is 6.23 Å². The van der Waals surface area contributed by atoms with Gasteiger partial charge in [-0.3, -0.25) is 4.57 Å². The van der Waals surface area contributed by atoms with E-state index in [0.29, 0.717) is 6.54 Å². The first kappa shape index (κ1) is 16.6. The Bertz CT molecular complexity index is 880. The zero-order valence-electron chi connectivity index (χ0n) is 13.7. The van der Waals surface area contributed by atoms with Crippen molar-refractivity contribution >= 4 is 32.9 Å². The SMILES string of the molecule is OC[C@@H]1CC[C@H](n2c(NCc3cccc(Br)c3)nc3ccccc32)O1. The van der Waals surface area contributed by atoms with Crippen molar-refractivity contribution in [1.29, 1.82) is 0 Å². The van der Waals surface area contributed by atoms with E-state index >= 15 is 0 Å². The molecule has 6 heteroatoms. The van der Waals surface area contributed by atoms with Crippen LogP contribution in [0, 0.1) is 0 Å². The molecule has 25 heavy (non-hydrogen) atoms. The van der Waals surface area contributed by atoms with Gasteiger partial charge in [-0.25, -0.2) is 4.98 Å². The van der Waals surface area contributed by atoms with Crippen molar-refractivity contribution in [3.05, 3.63) is 58.6 Å². The van der Waals surface area contributed by atoms with Crippen molar-refractivity contribution in [2.75, 3.05) is 11.9 Å². The fourth-order valence-electron chi connectivity index (χ4n) is 3.30. The monoisotopic (exact) mass is 401 g/mol. The molecule has 2 heterocycles. The maximum Gasteiger partial charge on any atom is 0.206 e. The van der Waals surface area contributed by atoms with Gasteiger partial charge in [0.25, 0.3) is 0 Å². The molecular formula is C19H20BrN3O2. The van der Waals surface area contributed by atoms with Crippen LogP contribution < -0.4 is 5.32 Å². The number of nitrogens with one attached hydrogen (secondary N) is 1. The number of nitrogens with zero attached hydrogens (tertiary/aromatic N) is 2. The van der Waals surface area contributed by atoms with E-state index in [2.05, 4.69) is 44.0 Å². The molecule has 0 amide bonds. The molecule has 5 nitrogen and oxygen atoms in total. The number of fused-ring (bicyclic) bond motifs is 1. The molecular weight excluding hydrogens is 382 g/mol.